The van der Waals surface area contributed by atoms with Crippen LogP contribution in [-0.2, 0) is 0 Å². The molecule has 0 saturated carbocycles. The number of benzene rings is 2. The molecule has 0 unspecified atom stereocenters. The Labute approximate surface area is 164 Å². The quantitative estimate of drug-likeness (QED) is 0.346. The molecule has 0 fully saturated rings. The molecule has 0 aliphatic heterocycles. The number of rotatable bonds is 6. The Kier molecular flexibility index (Phi) is 6.04. The average Bonchev–Trinajstić information content (AvgIpc) is 3.09. The smallest absolute Gasteiger partial charge is 0.196 e. The van der Waals surface area contributed by atoms with Gasteiger partial charge < -0.3 is 4.74 Å². The number of thiazole rings is 1. The van der Waals surface area contributed by atoms with Crippen LogP contribution < -0.4 is 10.2 Å². The molecule has 1 aromatic heterocycles. The number of nitrogens with zero attached hydrogens (tertiary/aromatic N) is 5. The van der Waals surface area contributed by atoms with Crippen molar-refractivity contribution in [2.24, 2.45) is 15.3 Å². The van der Waals surface area contributed by atoms with Gasteiger partial charge in [-0.25, -0.2) is 9.37 Å². The lowest BCUT2D eigenvalue weighted by atomic mass is 10.3. The van der Waals surface area contributed by atoms with Crippen LogP contribution in [0.2, 0.25) is 0 Å². The van der Waals surface area contributed by atoms with Crippen LogP contribution in [0.15, 0.2) is 63.9 Å². The number of aryl methyl sites for hydroxylation is 1. The summed E-state index contributed by atoms with van der Waals surface area (Å²) in [5.41, 5.74) is 4.69. The first kappa shape index (κ1) is 19.1. The molecule has 0 saturated heterocycles. The van der Waals surface area contributed by atoms with Crippen molar-refractivity contribution >= 4 is 33.4 Å². The fourth-order valence-electron chi connectivity index (χ4n) is 2.10. The SMILES string of the molecule is COc1ccc(N=Nc2sc(C(C#N)=NNc3ccc(F)cc3)nc2C)cc1. The highest BCUT2D eigenvalue weighted by molar-refractivity contribution is 7.17. The number of aromatic nitrogens is 1. The van der Waals surface area contributed by atoms with Crippen molar-refractivity contribution in [3.05, 3.63) is 65.0 Å². The molecule has 28 heavy (non-hydrogen) atoms. The third-order valence-electron chi connectivity index (χ3n) is 3.55. The Balaban J connectivity index is 1.77. The third kappa shape index (κ3) is 4.75. The summed E-state index contributed by atoms with van der Waals surface area (Å²) >= 11 is 1.21. The van der Waals surface area contributed by atoms with Crippen LogP contribution in [0.1, 0.15) is 10.7 Å². The zero-order valence-electron chi connectivity index (χ0n) is 15.0. The summed E-state index contributed by atoms with van der Waals surface area (Å²) < 4.78 is 18.1. The number of nitriles is 1. The number of anilines is 1. The maximum Gasteiger partial charge on any atom is 0.196 e. The Hall–Kier alpha value is -3.64. The fraction of sp³-hybridized carbons (Fsp3) is 0.105. The van der Waals surface area contributed by atoms with Gasteiger partial charge in [0.05, 0.1) is 24.2 Å². The van der Waals surface area contributed by atoms with E-state index in [0.717, 1.165) is 5.75 Å². The monoisotopic (exact) mass is 394 g/mol. The molecule has 1 N–H and O–H groups in total. The summed E-state index contributed by atoms with van der Waals surface area (Å²) in [7, 11) is 1.60. The number of hydrazone groups is 1. The topological polar surface area (TPSA) is 95.0 Å². The first-order valence-corrected chi connectivity index (χ1v) is 8.93. The zero-order valence-corrected chi connectivity index (χ0v) is 15.9. The summed E-state index contributed by atoms with van der Waals surface area (Å²) in [6.07, 6.45) is 0. The second-order valence-electron chi connectivity index (χ2n) is 5.50. The molecule has 3 aromatic rings. The molecule has 0 aliphatic carbocycles. The van der Waals surface area contributed by atoms with Crippen LogP contribution in [-0.4, -0.2) is 17.8 Å². The van der Waals surface area contributed by atoms with Crippen LogP contribution >= 0.6 is 11.3 Å². The third-order valence-corrected chi connectivity index (χ3v) is 4.60. The highest BCUT2D eigenvalue weighted by Crippen LogP contribution is 2.30. The minimum Gasteiger partial charge on any atom is -0.497 e. The number of azo groups is 1. The fourth-order valence-corrected chi connectivity index (χ4v) is 2.93. The molecule has 0 radical (unpaired) electrons. The summed E-state index contributed by atoms with van der Waals surface area (Å²) in [6, 6.07) is 14.8. The van der Waals surface area contributed by atoms with Gasteiger partial charge in [-0.05, 0) is 55.5 Å². The van der Waals surface area contributed by atoms with Gasteiger partial charge in [0.1, 0.15) is 17.6 Å². The van der Waals surface area contributed by atoms with Crippen LogP contribution in [0.4, 0.5) is 20.8 Å². The molecule has 2 aromatic carbocycles. The van der Waals surface area contributed by atoms with Crippen molar-refractivity contribution in [3.8, 4) is 11.8 Å². The van der Waals surface area contributed by atoms with E-state index in [-0.39, 0.29) is 11.5 Å². The second kappa shape index (κ2) is 8.83. The lowest BCUT2D eigenvalue weighted by molar-refractivity contribution is 0.415. The van der Waals surface area contributed by atoms with Gasteiger partial charge in [-0.2, -0.15) is 10.4 Å². The molecule has 0 aliphatic rings. The van der Waals surface area contributed by atoms with Gasteiger partial charge in [-0.15, -0.1) is 10.2 Å². The van der Waals surface area contributed by atoms with E-state index in [4.69, 9.17) is 4.74 Å². The van der Waals surface area contributed by atoms with E-state index in [1.54, 1.807) is 38.3 Å². The molecule has 7 nitrogen and oxygen atoms in total. The Bertz CT molecular complexity index is 1050. The van der Waals surface area contributed by atoms with Gasteiger partial charge >= 0.3 is 0 Å². The molecule has 0 bridgehead atoms. The highest BCUT2D eigenvalue weighted by atomic mass is 32.1. The van der Waals surface area contributed by atoms with E-state index >= 15 is 0 Å². The van der Waals surface area contributed by atoms with Crippen LogP contribution in [0, 0.1) is 24.1 Å². The van der Waals surface area contributed by atoms with Crippen molar-refractivity contribution in [1.29, 1.82) is 5.26 Å². The predicted molar refractivity (Wildman–Crippen MR) is 106 cm³/mol. The van der Waals surface area contributed by atoms with E-state index in [2.05, 4.69) is 25.7 Å². The molecule has 0 amide bonds. The standard InChI is InChI=1S/C19H15FN6OS/c1-12-18(26-24-15-7-9-16(27-2)10-8-15)28-19(22-12)17(11-21)25-23-14-5-3-13(20)4-6-14/h3-10,23H,1-2H3. The number of hydrogen-bond acceptors (Lipinski definition) is 8. The van der Waals surface area contributed by atoms with Crippen molar-refractivity contribution in [2.45, 2.75) is 6.92 Å². The Morgan fingerprint density at radius 1 is 1.14 bits per heavy atom. The molecule has 0 atom stereocenters. The molecule has 9 heteroatoms. The first-order chi connectivity index (χ1) is 13.6. The normalized spacial score (nSPS) is 11.4. The Morgan fingerprint density at radius 3 is 2.50 bits per heavy atom. The van der Waals surface area contributed by atoms with Crippen molar-refractivity contribution in [3.63, 3.8) is 0 Å². The van der Waals surface area contributed by atoms with Gasteiger partial charge in [-0.3, -0.25) is 5.43 Å². The van der Waals surface area contributed by atoms with E-state index in [9.17, 15) is 9.65 Å². The summed E-state index contributed by atoms with van der Waals surface area (Å²) in [4.78, 5) is 4.34. The van der Waals surface area contributed by atoms with Crippen molar-refractivity contribution in [1.82, 2.24) is 4.98 Å². The molecule has 0 spiro atoms. The van der Waals surface area contributed by atoms with Crippen molar-refractivity contribution < 1.29 is 9.13 Å². The summed E-state index contributed by atoms with van der Waals surface area (Å²) in [6.45, 7) is 1.78. The van der Waals surface area contributed by atoms with Gasteiger partial charge in [0.25, 0.3) is 0 Å². The van der Waals surface area contributed by atoms with E-state index in [0.29, 0.717) is 27.1 Å². The van der Waals surface area contributed by atoms with Crippen LogP contribution in [0.5, 0.6) is 5.75 Å². The van der Waals surface area contributed by atoms with Gasteiger partial charge in [-0.1, -0.05) is 11.3 Å². The van der Waals surface area contributed by atoms with Gasteiger partial charge in [0.2, 0.25) is 0 Å². The maximum atomic E-state index is 12.9. The molecule has 1 heterocycles. The lowest BCUT2D eigenvalue weighted by Crippen LogP contribution is -2.01. The maximum absolute atomic E-state index is 12.9. The highest BCUT2D eigenvalue weighted by Gasteiger charge is 2.13. The predicted octanol–water partition coefficient (Wildman–Crippen LogP) is 5.35. The minimum absolute atomic E-state index is 0.100. The van der Waals surface area contributed by atoms with Crippen LogP contribution in [0.25, 0.3) is 0 Å². The zero-order chi connectivity index (χ0) is 19.9. The van der Waals surface area contributed by atoms with E-state index < -0.39 is 0 Å². The van der Waals surface area contributed by atoms with Crippen LogP contribution in [0.3, 0.4) is 0 Å². The number of ether oxygens (including phenoxy) is 1. The lowest BCUT2D eigenvalue weighted by Gasteiger charge is -1.99. The number of methoxy groups -OCH3 is 1. The minimum atomic E-state index is -0.350. The molecular formula is C19H15FN6OS. The summed E-state index contributed by atoms with van der Waals surface area (Å²) in [5, 5.41) is 22.8. The molecular weight excluding hydrogens is 379 g/mol. The van der Waals surface area contributed by atoms with Gasteiger partial charge in [0, 0.05) is 0 Å². The van der Waals surface area contributed by atoms with Crippen molar-refractivity contribution in [2.75, 3.05) is 12.5 Å². The molecule has 3 rings (SSSR count). The number of halogens is 1. The Morgan fingerprint density at radius 2 is 1.86 bits per heavy atom. The van der Waals surface area contributed by atoms with E-state index in [1.165, 1.54) is 35.6 Å². The number of hydrogen-bond donors (Lipinski definition) is 1. The van der Waals surface area contributed by atoms with Gasteiger partial charge in [0.15, 0.2) is 15.7 Å². The number of nitrogens with one attached hydrogen (secondary N) is 1. The molecule has 140 valence electrons. The summed E-state index contributed by atoms with van der Waals surface area (Å²) in [5.74, 6) is 0.385. The first-order valence-electron chi connectivity index (χ1n) is 8.12. The van der Waals surface area contributed by atoms with E-state index in [1.807, 2.05) is 6.07 Å². The second-order valence-corrected chi connectivity index (χ2v) is 6.48. The largest absolute Gasteiger partial charge is 0.497 e. The average molecular weight is 394 g/mol.